The van der Waals surface area contributed by atoms with Gasteiger partial charge in [0.25, 0.3) is 0 Å². The Hall–Kier alpha value is -2.13. The average molecular weight is 495 g/mol. The maximum absolute atomic E-state index is 12.9. The third kappa shape index (κ3) is 4.14. The summed E-state index contributed by atoms with van der Waals surface area (Å²) in [4.78, 5) is 23.8. The molecule has 2 aromatic rings. The summed E-state index contributed by atoms with van der Waals surface area (Å²) in [5.41, 5.74) is 0.290. The number of aromatic nitrogens is 4. The molecule has 2 aromatic heterocycles. The van der Waals surface area contributed by atoms with Crippen LogP contribution in [-0.4, -0.2) is 36.9 Å². The molecule has 4 bridgehead atoms. The Balaban J connectivity index is 1.28. The van der Waals surface area contributed by atoms with Gasteiger partial charge in [0.05, 0.1) is 27.6 Å². The van der Waals surface area contributed by atoms with Crippen LogP contribution in [0, 0.1) is 34.3 Å². The zero-order valence-electron chi connectivity index (χ0n) is 18.6. The molecule has 6 rings (SSSR count). The molecule has 0 aliphatic heterocycles. The van der Waals surface area contributed by atoms with Crippen LogP contribution in [0.3, 0.4) is 0 Å². The summed E-state index contributed by atoms with van der Waals surface area (Å²) in [5.74, 6) is 0.845. The Morgan fingerprint density at radius 2 is 2.03 bits per heavy atom. The Bertz CT molecular complexity index is 1080. The number of hydrogen-bond acceptors (Lipinski definition) is 5. The van der Waals surface area contributed by atoms with Gasteiger partial charge in [-0.2, -0.15) is 9.78 Å². The van der Waals surface area contributed by atoms with E-state index < -0.39 is 4.92 Å². The van der Waals surface area contributed by atoms with Gasteiger partial charge in [-0.1, -0.05) is 23.2 Å². The molecule has 1 N–H and O–H groups in total. The lowest BCUT2D eigenvalue weighted by Crippen LogP contribution is -2.58. The average Bonchev–Trinajstić information content (AvgIpc) is 3.27. The van der Waals surface area contributed by atoms with Gasteiger partial charge < -0.3 is 15.4 Å². The van der Waals surface area contributed by atoms with E-state index in [0.29, 0.717) is 42.1 Å². The molecule has 33 heavy (non-hydrogen) atoms. The smallest absolute Gasteiger partial charge is 0.358 e. The summed E-state index contributed by atoms with van der Waals surface area (Å²) < 4.78 is 3.61. The van der Waals surface area contributed by atoms with Crippen molar-refractivity contribution in [2.45, 2.75) is 70.4 Å². The molecule has 4 saturated carbocycles. The number of nitrogens with one attached hydrogen (secondary N) is 1. The predicted octanol–water partition coefficient (Wildman–Crippen LogP) is 4.50. The first kappa shape index (κ1) is 22.7. The number of carbonyl (C=O) groups is 1. The molecule has 4 aliphatic rings. The van der Waals surface area contributed by atoms with Crippen LogP contribution >= 0.6 is 23.2 Å². The Morgan fingerprint density at radius 3 is 2.64 bits per heavy atom. The van der Waals surface area contributed by atoms with Gasteiger partial charge in [0.2, 0.25) is 5.91 Å². The second-order valence-corrected chi connectivity index (χ2v) is 11.2. The highest BCUT2D eigenvalue weighted by molar-refractivity contribution is 6.33. The van der Waals surface area contributed by atoms with Gasteiger partial charge in [0.15, 0.2) is 5.02 Å². The predicted molar refractivity (Wildman–Crippen MR) is 123 cm³/mol. The maximum atomic E-state index is 12.9. The lowest BCUT2D eigenvalue weighted by atomic mass is 9.46. The van der Waals surface area contributed by atoms with Crippen LogP contribution in [0.5, 0.6) is 0 Å². The van der Waals surface area contributed by atoms with Crippen molar-refractivity contribution in [3.05, 3.63) is 38.2 Å². The second kappa shape index (κ2) is 8.27. The fourth-order valence-electron chi connectivity index (χ4n) is 7.24. The van der Waals surface area contributed by atoms with Gasteiger partial charge in [-0.05, 0) is 74.0 Å². The van der Waals surface area contributed by atoms with E-state index in [1.807, 2.05) is 11.6 Å². The number of nitrogens with zero attached hydrogens (tertiary/aromatic N) is 5. The van der Waals surface area contributed by atoms with Crippen LogP contribution in [0.2, 0.25) is 10.0 Å². The van der Waals surface area contributed by atoms with Crippen molar-refractivity contribution in [1.82, 2.24) is 24.9 Å². The van der Waals surface area contributed by atoms with Crippen molar-refractivity contribution in [1.29, 1.82) is 0 Å². The first-order valence-electron chi connectivity index (χ1n) is 11.5. The second-order valence-electron chi connectivity index (χ2n) is 10.4. The SMILES string of the molecule is Cc1c(Cl)c([N+](=O)[O-])nn1C12CC3CC(CC(CC(=O)NCCCn4cc(Cl)cn4)(C3)C1)C2. The summed E-state index contributed by atoms with van der Waals surface area (Å²) in [7, 11) is 0. The first-order valence-corrected chi connectivity index (χ1v) is 12.3. The van der Waals surface area contributed by atoms with Crippen molar-refractivity contribution >= 4 is 34.9 Å². The highest BCUT2D eigenvalue weighted by atomic mass is 35.5. The molecule has 4 fully saturated rings. The molecule has 9 nitrogen and oxygen atoms in total. The third-order valence-corrected chi connectivity index (χ3v) is 8.46. The number of nitro groups is 1. The summed E-state index contributed by atoms with van der Waals surface area (Å²) in [6.45, 7) is 3.10. The van der Waals surface area contributed by atoms with Gasteiger partial charge in [0.1, 0.15) is 0 Å². The molecule has 4 aliphatic carbocycles. The first-order chi connectivity index (χ1) is 15.7. The lowest BCUT2D eigenvalue weighted by Gasteiger charge is -2.61. The van der Waals surface area contributed by atoms with Crippen molar-refractivity contribution < 1.29 is 9.72 Å². The number of carbonyl (C=O) groups excluding carboxylic acids is 1. The Labute approximate surface area is 201 Å². The molecule has 178 valence electrons. The molecule has 0 saturated heterocycles. The Morgan fingerprint density at radius 1 is 1.30 bits per heavy atom. The molecule has 2 atom stereocenters. The number of amides is 1. The van der Waals surface area contributed by atoms with E-state index in [9.17, 15) is 14.9 Å². The number of rotatable bonds is 8. The van der Waals surface area contributed by atoms with E-state index in [0.717, 1.165) is 38.5 Å². The van der Waals surface area contributed by atoms with Crippen LogP contribution in [0.15, 0.2) is 12.4 Å². The highest BCUT2D eigenvalue weighted by Gasteiger charge is 2.60. The zero-order valence-corrected chi connectivity index (χ0v) is 20.1. The summed E-state index contributed by atoms with van der Waals surface area (Å²) in [5, 5.41) is 23.8. The number of aryl methyl sites for hydroxylation is 1. The standard InChI is InChI=1S/C22H28Cl2N6O3/c1-14-19(24)20(30(32)33)27-29(14)22-8-15-5-16(9-22)7-21(6-15,13-22)10-18(31)25-3-2-4-28-12-17(23)11-26-28/h11-12,15-16H,2-10,13H2,1H3,(H,25,31). The summed E-state index contributed by atoms with van der Waals surface area (Å²) >= 11 is 12.2. The summed E-state index contributed by atoms with van der Waals surface area (Å²) in [6, 6.07) is 0. The minimum absolute atomic E-state index is 0.0757. The van der Waals surface area contributed by atoms with Crippen LogP contribution in [0.4, 0.5) is 5.82 Å². The molecule has 1 amide bonds. The molecule has 0 aromatic carbocycles. The van der Waals surface area contributed by atoms with Gasteiger partial charge >= 0.3 is 5.82 Å². The topological polar surface area (TPSA) is 108 Å². The van der Waals surface area contributed by atoms with Crippen molar-refractivity contribution in [3.63, 3.8) is 0 Å². The van der Waals surface area contributed by atoms with Gasteiger partial charge in [0, 0.05) is 25.7 Å². The number of hydrogen-bond donors (Lipinski definition) is 1. The molecule has 11 heteroatoms. The summed E-state index contributed by atoms with van der Waals surface area (Å²) in [6.07, 6.45) is 10.6. The van der Waals surface area contributed by atoms with Gasteiger partial charge in [-0.25, -0.2) is 0 Å². The highest BCUT2D eigenvalue weighted by Crippen LogP contribution is 2.65. The normalized spacial score (nSPS) is 30.0. The molecular formula is C22H28Cl2N6O3. The van der Waals surface area contributed by atoms with E-state index in [4.69, 9.17) is 23.2 Å². The van der Waals surface area contributed by atoms with Gasteiger partial charge in [-0.15, -0.1) is 0 Å². The van der Waals surface area contributed by atoms with Crippen LogP contribution in [-0.2, 0) is 16.9 Å². The molecular weight excluding hydrogens is 467 g/mol. The zero-order chi connectivity index (χ0) is 23.4. The number of halogens is 2. The quantitative estimate of drug-likeness (QED) is 0.330. The van der Waals surface area contributed by atoms with E-state index in [1.165, 1.54) is 6.42 Å². The van der Waals surface area contributed by atoms with Crippen LogP contribution in [0.1, 0.15) is 57.1 Å². The molecule has 0 radical (unpaired) electrons. The molecule has 2 heterocycles. The lowest BCUT2D eigenvalue weighted by molar-refractivity contribution is -0.389. The fraction of sp³-hybridized carbons (Fsp3) is 0.682. The molecule has 2 unspecified atom stereocenters. The van der Waals surface area contributed by atoms with E-state index in [2.05, 4.69) is 15.5 Å². The minimum Gasteiger partial charge on any atom is -0.358 e. The third-order valence-electron chi connectivity index (χ3n) is 7.82. The van der Waals surface area contributed by atoms with E-state index in [1.54, 1.807) is 17.1 Å². The van der Waals surface area contributed by atoms with Crippen molar-refractivity contribution in [2.75, 3.05) is 6.54 Å². The van der Waals surface area contributed by atoms with Crippen LogP contribution in [0.25, 0.3) is 0 Å². The van der Waals surface area contributed by atoms with E-state index in [-0.39, 0.29) is 27.7 Å². The van der Waals surface area contributed by atoms with Gasteiger partial charge in [-0.3, -0.25) is 9.48 Å². The van der Waals surface area contributed by atoms with Crippen molar-refractivity contribution in [3.8, 4) is 0 Å². The fourth-order valence-corrected chi connectivity index (χ4v) is 7.58. The van der Waals surface area contributed by atoms with Crippen molar-refractivity contribution in [2.24, 2.45) is 17.3 Å². The van der Waals surface area contributed by atoms with Crippen LogP contribution < -0.4 is 5.32 Å². The largest absolute Gasteiger partial charge is 0.408 e. The monoisotopic (exact) mass is 494 g/mol. The van der Waals surface area contributed by atoms with E-state index >= 15 is 0 Å². The Kier molecular flexibility index (Phi) is 5.68. The minimum atomic E-state index is -0.507. The molecule has 0 spiro atoms. The maximum Gasteiger partial charge on any atom is 0.408 e.